The van der Waals surface area contributed by atoms with Gasteiger partial charge in [0.05, 0.1) is 6.61 Å². The fourth-order valence-corrected chi connectivity index (χ4v) is 1.86. The Morgan fingerprint density at radius 1 is 1.38 bits per heavy atom. The third kappa shape index (κ3) is 2.78. The molecular formula is C8H5F5INO. The number of halogens is 6. The highest BCUT2D eigenvalue weighted by atomic mass is 127. The Labute approximate surface area is 101 Å². The molecule has 0 saturated heterocycles. The number of alkyl halides is 5. The van der Waals surface area contributed by atoms with E-state index in [2.05, 4.69) is 4.98 Å². The summed E-state index contributed by atoms with van der Waals surface area (Å²) in [6, 6.07) is 0.859. The molecule has 1 aromatic heterocycles. The summed E-state index contributed by atoms with van der Waals surface area (Å²) >= 11 is 1.34. The number of aromatic nitrogens is 1. The van der Waals surface area contributed by atoms with E-state index in [1.165, 1.54) is 22.6 Å². The Hall–Kier alpha value is -0.510. The maximum atomic E-state index is 12.4. The van der Waals surface area contributed by atoms with Crippen LogP contribution in [0.3, 0.4) is 0 Å². The molecule has 16 heavy (non-hydrogen) atoms. The first-order valence-electron chi connectivity index (χ1n) is 3.93. The summed E-state index contributed by atoms with van der Waals surface area (Å²) < 4.78 is 61.5. The van der Waals surface area contributed by atoms with Gasteiger partial charge in [0.25, 0.3) is 6.43 Å². The van der Waals surface area contributed by atoms with E-state index in [4.69, 9.17) is 5.11 Å². The molecule has 0 fully saturated rings. The van der Waals surface area contributed by atoms with Crippen molar-refractivity contribution in [1.29, 1.82) is 0 Å². The van der Waals surface area contributed by atoms with E-state index in [9.17, 15) is 22.0 Å². The van der Waals surface area contributed by atoms with Crippen LogP contribution in [0, 0.1) is 3.57 Å². The van der Waals surface area contributed by atoms with Crippen LogP contribution in [-0.2, 0) is 12.8 Å². The molecule has 2 nitrogen and oxygen atoms in total. The molecule has 0 bridgehead atoms. The van der Waals surface area contributed by atoms with Gasteiger partial charge in [0.2, 0.25) is 0 Å². The molecule has 0 aromatic carbocycles. The van der Waals surface area contributed by atoms with Gasteiger partial charge in [0.1, 0.15) is 5.69 Å². The first-order valence-corrected chi connectivity index (χ1v) is 5.00. The molecule has 0 saturated carbocycles. The lowest BCUT2D eigenvalue weighted by atomic mass is 10.2. The topological polar surface area (TPSA) is 33.1 Å². The van der Waals surface area contributed by atoms with Crippen LogP contribution in [0.25, 0.3) is 0 Å². The highest BCUT2D eigenvalue weighted by Crippen LogP contribution is 2.34. The van der Waals surface area contributed by atoms with Crippen molar-refractivity contribution in [2.75, 3.05) is 0 Å². The van der Waals surface area contributed by atoms with Crippen molar-refractivity contribution >= 4 is 22.6 Å². The number of hydrogen-bond acceptors (Lipinski definition) is 2. The van der Waals surface area contributed by atoms with Crippen molar-refractivity contribution in [3.05, 3.63) is 26.6 Å². The highest BCUT2D eigenvalue weighted by molar-refractivity contribution is 14.1. The van der Waals surface area contributed by atoms with E-state index in [0.717, 1.165) is 6.07 Å². The summed E-state index contributed by atoms with van der Waals surface area (Å²) in [5, 5.41) is 8.73. The average molecular weight is 353 g/mol. The number of aliphatic hydroxyl groups excluding tert-OH is 1. The number of pyridine rings is 1. The fraction of sp³-hybridized carbons (Fsp3) is 0.375. The monoisotopic (exact) mass is 353 g/mol. The number of hydrogen-bond donors (Lipinski definition) is 1. The van der Waals surface area contributed by atoms with Gasteiger partial charge in [-0.1, -0.05) is 0 Å². The number of rotatable bonds is 2. The molecule has 1 rings (SSSR count). The van der Waals surface area contributed by atoms with E-state index in [0.29, 0.717) is 0 Å². The Balaban J connectivity index is 3.39. The van der Waals surface area contributed by atoms with Crippen LogP contribution >= 0.6 is 22.6 Å². The Kier molecular flexibility index (Phi) is 4.05. The summed E-state index contributed by atoms with van der Waals surface area (Å²) in [4.78, 5) is 2.87. The molecule has 0 amide bonds. The summed E-state index contributed by atoms with van der Waals surface area (Å²) in [6.45, 7) is -0.777. The predicted molar refractivity (Wildman–Crippen MR) is 52.8 cm³/mol. The van der Waals surface area contributed by atoms with Crippen molar-refractivity contribution in [2.45, 2.75) is 19.2 Å². The lowest BCUT2D eigenvalue weighted by molar-refractivity contribution is -0.142. The van der Waals surface area contributed by atoms with Gasteiger partial charge in [0, 0.05) is 9.13 Å². The molecular weight excluding hydrogens is 348 g/mol. The smallest absolute Gasteiger partial charge is 0.392 e. The molecule has 0 aliphatic rings. The SMILES string of the molecule is OCc1cc(I)c(C(F)(F)F)nc1C(F)F. The van der Waals surface area contributed by atoms with Crippen LogP contribution in [0.2, 0.25) is 0 Å². The van der Waals surface area contributed by atoms with Crippen LogP contribution in [0.5, 0.6) is 0 Å². The molecule has 1 N–H and O–H groups in total. The van der Waals surface area contributed by atoms with E-state index in [1.54, 1.807) is 0 Å². The largest absolute Gasteiger partial charge is 0.434 e. The van der Waals surface area contributed by atoms with Crippen molar-refractivity contribution in [3.8, 4) is 0 Å². The summed E-state index contributed by atoms with van der Waals surface area (Å²) in [7, 11) is 0. The molecule has 0 aliphatic carbocycles. The van der Waals surface area contributed by atoms with Gasteiger partial charge in [-0.05, 0) is 28.7 Å². The maximum Gasteiger partial charge on any atom is 0.434 e. The van der Waals surface area contributed by atoms with E-state index >= 15 is 0 Å². The second-order valence-corrected chi connectivity index (χ2v) is 3.98. The fourth-order valence-electron chi connectivity index (χ4n) is 1.06. The molecule has 1 aromatic rings. The first kappa shape index (κ1) is 13.6. The highest BCUT2D eigenvalue weighted by Gasteiger charge is 2.36. The normalized spacial score (nSPS) is 12.2. The minimum atomic E-state index is -4.78. The van der Waals surface area contributed by atoms with Gasteiger partial charge in [-0.3, -0.25) is 0 Å². The zero-order chi connectivity index (χ0) is 12.5. The minimum absolute atomic E-state index is 0.299. The van der Waals surface area contributed by atoms with Gasteiger partial charge in [0.15, 0.2) is 5.69 Å². The molecule has 0 atom stereocenters. The zero-order valence-corrected chi connectivity index (χ0v) is 9.68. The van der Waals surface area contributed by atoms with Gasteiger partial charge >= 0.3 is 6.18 Å². The quantitative estimate of drug-likeness (QED) is 0.655. The van der Waals surface area contributed by atoms with Gasteiger partial charge in [-0.2, -0.15) is 13.2 Å². The number of nitrogens with zero attached hydrogens (tertiary/aromatic N) is 1. The summed E-state index contributed by atoms with van der Waals surface area (Å²) in [5.41, 5.74) is -2.69. The summed E-state index contributed by atoms with van der Waals surface area (Å²) in [5.74, 6) is 0. The van der Waals surface area contributed by atoms with Crippen molar-refractivity contribution < 1.29 is 27.1 Å². The van der Waals surface area contributed by atoms with Crippen molar-refractivity contribution in [3.63, 3.8) is 0 Å². The van der Waals surface area contributed by atoms with Crippen LogP contribution in [0.4, 0.5) is 22.0 Å². The van der Waals surface area contributed by atoms with E-state index < -0.39 is 30.6 Å². The average Bonchev–Trinajstić information content (AvgIpc) is 2.14. The predicted octanol–water partition coefficient (Wildman–Crippen LogP) is 3.13. The summed E-state index contributed by atoms with van der Waals surface area (Å²) in [6.07, 6.45) is -7.94. The van der Waals surface area contributed by atoms with Gasteiger partial charge in [-0.25, -0.2) is 13.8 Å². The third-order valence-corrected chi connectivity index (χ3v) is 2.56. The van der Waals surface area contributed by atoms with Crippen LogP contribution in [0.15, 0.2) is 6.07 Å². The standard InChI is InChI=1S/C8H5F5INO/c9-7(10)5-3(2-16)1-4(14)6(15-5)8(11,12)13/h1,7,16H,2H2. The van der Waals surface area contributed by atoms with Crippen LogP contribution in [0.1, 0.15) is 23.4 Å². The molecule has 0 spiro atoms. The molecule has 0 unspecified atom stereocenters. The molecule has 0 radical (unpaired) electrons. The van der Waals surface area contributed by atoms with Crippen LogP contribution in [-0.4, -0.2) is 10.1 Å². The Morgan fingerprint density at radius 3 is 2.31 bits per heavy atom. The molecule has 8 heteroatoms. The molecule has 90 valence electrons. The second kappa shape index (κ2) is 4.78. The van der Waals surface area contributed by atoms with Crippen LogP contribution < -0.4 is 0 Å². The molecule has 0 aliphatic heterocycles. The third-order valence-electron chi connectivity index (χ3n) is 1.73. The van der Waals surface area contributed by atoms with E-state index in [-0.39, 0.29) is 9.13 Å². The lowest BCUT2D eigenvalue weighted by Gasteiger charge is -2.12. The lowest BCUT2D eigenvalue weighted by Crippen LogP contribution is -2.14. The van der Waals surface area contributed by atoms with Gasteiger partial charge in [-0.15, -0.1) is 0 Å². The van der Waals surface area contributed by atoms with Crippen molar-refractivity contribution in [2.24, 2.45) is 0 Å². The minimum Gasteiger partial charge on any atom is -0.392 e. The van der Waals surface area contributed by atoms with Gasteiger partial charge < -0.3 is 5.11 Å². The zero-order valence-electron chi connectivity index (χ0n) is 7.52. The number of aliphatic hydroxyl groups is 1. The Bertz CT molecular complexity index is 393. The second-order valence-electron chi connectivity index (χ2n) is 2.82. The Morgan fingerprint density at radius 2 is 1.94 bits per heavy atom. The molecule has 1 heterocycles. The van der Waals surface area contributed by atoms with E-state index in [1.807, 2.05) is 0 Å². The maximum absolute atomic E-state index is 12.4. The van der Waals surface area contributed by atoms with Crippen molar-refractivity contribution in [1.82, 2.24) is 4.98 Å². The first-order chi connectivity index (χ1) is 7.27.